The standard InChI is InChI=1S/C5H7BrF4/c1-3(6)2-4(7)5(8,9)10/h3-4H,2H2,1H3. The molecule has 0 aromatic carbocycles. The molecule has 0 aromatic heterocycles. The van der Waals surface area contributed by atoms with E-state index in [4.69, 9.17) is 0 Å². The lowest BCUT2D eigenvalue weighted by atomic mass is 10.2. The Bertz CT molecular complexity index is 98.3. The molecule has 0 aromatic rings. The third-order valence-corrected chi connectivity index (χ3v) is 1.26. The van der Waals surface area contributed by atoms with Crippen LogP contribution >= 0.6 is 15.9 Å². The van der Waals surface area contributed by atoms with E-state index in [1.165, 1.54) is 6.92 Å². The SMILES string of the molecule is CC(Br)CC(F)C(F)(F)F. The minimum absolute atomic E-state index is 0.441. The topological polar surface area (TPSA) is 0 Å². The Morgan fingerprint density at radius 2 is 1.80 bits per heavy atom. The molecule has 0 saturated heterocycles. The molecule has 0 amide bonds. The van der Waals surface area contributed by atoms with Crippen LogP contribution < -0.4 is 0 Å². The summed E-state index contributed by atoms with van der Waals surface area (Å²) in [5.41, 5.74) is 0. The highest BCUT2D eigenvalue weighted by molar-refractivity contribution is 9.09. The average molecular weight is 223 g/mol. The maximum absolute atomic E-state index is 12.0. The first-order valence-electron chi connectivity index (χ1n) is 2.69. The Morgan fingerprint density at radius 3 is 1.90 bits per heavy atom. The van der Waals surface area contributed by atoms with E-state index in [-0.39, 0.29) is 0 Å². The minimum atomic E-state index is -4.71. The molecule has 62 valence electrons. The fourth-order valence-electron chi connectivity index (χ4n) is 0.419. The molecule has 0 rings (SSSR count). The maximum Gasteiger partial charge on any atom is 0.419 e. The largest absolute Gasteiger partial charge is 0.419 e. The van der Waals surface area contributed by atoms with Gasteiger partial charge in [-0.1, -0.05) is 22.9 Å². The van der Waals surface area contributed by atoms with Gasteiger partial charge in [0.15, 0.2) is 6.17 Å². The van der Waals surface area contributed by atoms with Gasteiger partial charge in [0.25, 0.3) is 0 Å². The number of hydrogen-bond acceptors (Lipinski definition) is 0. The van der Waals surface area contributed by atoms with Crippen molar-refractivity contribution in [3.05, 3.63) is 0 Å². The van der Waals surface area contributed by atoms with Gasteiger partial charge in [-0.15, -0.1) is 0 Å². The Hall–Kier alpha value is 0.200. The molecule has 5 heteroatoms. The van der Waals surface area contributed by atoms with Gasteiger partial charge in [0.05, 0.1) is 0 Å². The van der Waals surface area contributed by atoms with Gasteiger partial charge >= 0.3 is 6.18 Å². The monoisotopic (exact) mass is 222 g/mol. The van der Waals surface area contributed by atoms with Crippen LogP contribution in [0.3, 0.4) is 0 Å². The third-order valence-electron chi connectivity index (χ3n) is 0.887. The smallest absolute Gasteiger partial charge is 0.237 e. The van der Waals surface area contributed by atoms with Gasteiger partial charge < -0.3 is 0 Å². The van der Waals surface area contributed by atoms with E-state index in [0.29, 0.717) is 0 Å². The minimum Gasteiger partial charge on any atom is -0.237 e. The van der Waals surface area contributed by atoms with Gasteiger partial charge in [-0.2, -0.15) is 13.2 Å². The molecule has 0 fully saturated rings. The number of alkyl halides is 5. The van der Waals surface area contributed by atoms with E-state index in [0.717, 1.165) is 0 Å². The second kappa shape index (κ2) is 3.55. The lowest BCUT2D eigenvalue weighted by Crippen LogP contribution is -2.26. The zero-order valence-corrected chi connectivity index (χ0v) is 6.84. The summed E-state index contributed by atoms with van der Waals surface area (Å²) in [7, 11) is 0. The molecule has 0 bridgehead atoms. The van der Waals surface area contributed by atoms with Crippen molar-refractivity contribution in [2.75, 3.05) is 0 Å². The molecular formula is C5H7BrF4. The highest BCUT2D eigenvalue weighted by atomic mass is 79.9. The van der Waals surface area contributed by atoms with Crippen molar-refractivity contribution in [3.63, 3.8) is 0 Å². The molecular weight excluding hydrogens is 216 g/mol. The molecule has 0 aliphatic carbocycles. The van der Waals surface area contributed by atoms with Crippen LogP contribution in [0.2, 0.25) is 0 Å². The summed E-state index contributed by atoms with van der Waals surface area (Å²) in [5, 5.41) is 0. The van der Waals surface area contributed by atoms with Crippen LogP contribution in [0.1, 0.15) is 13.3 Å². The Morgan fingerprint density at radius 1 is 1.40 bits per heavy atom. The second-order valence-corrected chi connectivity index (χ2v) is 3.59. The van der Waals surface area contributed by atoms with Crippen LogP contribution in [0.25, 0.3) is 0 Å². The lowest BCUT2D eigenvalue weighted by molar-refractivity contribution is -0.181. The number of halogens is 5. The normalized spacial score (nSPS) is 18.6. The maximum atomic E-state index is 12.0. The van der Waals surface area contributed by atoms with Gasteiger partial charge in [-0.3, -0.25) is 0 Å². The van der Waals surface area contributed by atoms with Gasteiger partial charge in [-0.25, -0.2) is 4.39 Å². The second-order valence-electron chi connectivity index (χ2n) is 2.03. The van der Waals surface area contributed by atoms with E-state index in [1.54, 1.807) is 0 Å². The summed E-state index contributed by atoms with van der Waals surface area (Å²) in [6.07, 6.45) is -7.94. The molecule has 10 heavy (non-hydrogen) atoms. The number of hydrogen-bond donors (Lipinski definition) is 0. The highest BCUT2D eigenvalue weighted by Crippen LogP contribution is 2.27. The van der Waals surface area contributed by atoms with Gasteiger partial charge in [0, 0.05) is 4.83 Å². The van der Waals surface area contributed by atoms with Crippen LogP contribution in [0, 0.1) is 0 Å². The average Bonchev–Trinajstić information content (AvgIpc) is 1.60. The van der Waals surface area contributed by atoms with E-state index >= 15 is 0 Å². The molecule has 0 heterocycles. The van der Waals surface area contributed by atoms with Crippen LogP contribution in [-0.2, 0) is 0 Å². The van der Waals surface area contributed by atoms with E-state index in [2.05, 4.69) is 15.9 Å². The zero-order chi connectivity index (χ0) is 8.36. The summed E-state index contributed by atoms with van der Waals surface area (Å²) in [6, 6.07) is 0. The van der Waals surface area contributed by atoms with Crippen LogP contribution in [0.5, 0.6) is 0 Å². The van der Waals surface area contributed by atoms with E-state index < -0.39 is 23.6 Å². The van der Waals surface area contributed by atoms with E-state index in [9.17, 15) is 17.6 Å². The molecule has 0 aliphatic rings. The molecule has 2 unspecified atom stereocenters. The first-order valence-corrected chi connectivity index (χ1v) is 3.60. The number of rotatable bonds is 2. The first-order chi connectivity index (χ1) is 4.34. The predicted molar refractivity (Wildman–Crippen MR) is 34.0 cm³/mol. The lowest BCUT2D eigenvalue weighted by Gasteiger charge is -2.12. The van der Waals surface area contributed by atoms with E-state index in [1.807, 2.05) is 0 Å². The van der Waals surface area contributed by atoms with Crippen LogP contribution in [0.4, 0.5) is 17.6 Å². The van der Waals surface area contributed by atoms with Crippen LogP contribution in [0.15, 0.2) is 0 Å². The fraction of sp³-hybridized carbons (Fsp3) is 1.00. The van der Waals surface area contributed by atoms with Gasteiger partial charge in [0.2, 0.25) is 0 Å². The molecule has 0 spiro atoms. The van der Waals surface area contributed by atoms with Crippen molar-refractivity contribution in [2.24, 2.45) is 0 Å². The molecule has 0 N–H and O–H groups in total. The summed E-state index contributed by atoms with van der Waals surface area (Å²) in [4.78, 5) is -0.441. The first kappa shape index (κ1) is 10.2. The van der Waals surface area contributed by atoms with Crippen molar-refractivity contribution < 1.29 is 17.6 Å². The zero-order valence-electron chi connectivity index (χ0n) is 5.25. The quantitative estimate of drug-likeness (QED) is 0.498. The fourth-order valence-corrected chi connectivity index (χ4v) is 0.747. The summed E-state index contributed by atoms with van der Waals surface area (Å²) in [6.45, 7) is 1.47. The molecule has 0 nitrogen and oxygen atoms in total. The van der Waals surface area contributed by atoms with Crippen molar-refractivity contribution in [1.29, 1.82) is 0 Å². The van der Waals surface area contributed by atoms with Crippen molar-refractivity contribution in [1.82, 2.24) is 0 Å². The molecule has 0 radical (unpaired) electrons. The predicted octanol–water partition coefficient (Wildman–Crippen LogP) is 3.06. The van der Waals surface area contributed by atoms with Crippen molar-refractivity contribution in [3.8, 4) is 0 Å². The van der Waals surface area contributed by atoms with Gasteiger partial charge in [0.1, 0.15) is 0 Å². The molecule has 0 saturated carbocycles. The molecule has 2 atom stereocenters. The Kier molecular flexibility index (Phi) is 3.62. The highest BCUT2D eigenvalue weighted by Gasteiger charge is 2.40. The summed E-state index contributed by atoms with van der Waals surface area (Å²) >= 11 is 2.83. The van der Waals surface area contributed by atoms with Crippen LogP contribution in [-0.4, -0.2) is 17.2 Å². The molecule has 0 aliphatic heterocycles. The summed E-state index contributed by atoms with van der Waals surface area (Å²) in [5.74, 6) is 0. The third kappa shape index (κ3) is 4.09. The summed E-state index contributed by atoms with van der Waals surface area (Å²) < 4.78 is 46.2. The Labute approximate surface area is 64.7 Å². The Balaban J connectivity index is 3.73. The van der Waals surface area contributed by atoms with Crippen molar-refractivity contribution >= 4 is 15.9 Å². The van der Waals surface area contributed by atoms with Gasteiger partial charge in [-0.05, 0) is 6.42 Å². The van der Waals surface area contributed by atoms with Crippen molar-refractivity contribution in [2.45, 2.75) is 30.5 Å².